The predicted molar refractivity (Wildman–Crippen MR) is 106 cm³/mol. The van der Waals surface area contributed by atoms with E-state index in [1.165, 1.54) is 12.8 Å². The van der Waals surface area contributed by atoms with E-state index in [4.69, 9.17) is 9.47 Å². The van der Waals surface area contributed by atoms with E-state index >= 15 is 0 Å². The van der Waals surface area contributed by atoms with Gasteiger partial charge < -0.3 is 19.7 Å². The molecule has 1 unspecified atom stereocenters. The van der Waals surface area contributed by atoms with E-state index in [1.54, 1.807) is 0 Å². The number of rotatable bonds is 4. The number of nitrogens with zero attached hydrogens (tertiary/aromatic N) is 4. The van der Waals surface area contributed by atoms with Gasteiger partial charge in [0, 0.05) is 31.6 Å². The van der Waals surface area contributed by atoms with Crippen LogP contribution in [0.4, 0.5) is 0 Å². The number of ether oxygens (including phenoxy) is 2. The highest BCUT2D eigenvalue weighted by atomic mass is 16.5. The van der Waals surface area contributed by atoms with Gasteiger partial charge in [-0.1, -0.05) is 18.1 Å². The highest BCUT2D eigenvalue weighted by Gasteiger charge is 2.45. The molecule has 3 aliphatic heterocycles. The SMILES string of the molecule is O=C(NCc1nnn2c1COC1(CCN(C(=O)C3CCCC3)C1)C2)C1CCOCC1. The van der Waals surface area contributed by atoms with Crippen molar-refractivity contribution in [1.82, 2.24) is 25.2 Å². The highest BCUT2D eigenvalue weighted by Crippen LogP contribution is 2.35. The molecule has 9 heteroatoms. The lowest BCUT2D eigenvalue weighted by Gasteiger charge is -2.34. The maximum Gasteiger partial charge on any atom is 0.225 e. The molecule has 2 amide bonds. The molecular formula is C21H31N5O4. The van der Waals surface area contributed by atoms with E-state index in [-0.39, 0.29) is 23.3 Å². The van der Waals surface area contributed by atoms with E-state index in [2.05, 4.69) is 15.6 Å². The number of likely N-dealkylation sites (tertiary alicyclic amines) is 1. The maximum atomic E-state index is 12.8. The molecule has 3 fully saturated rings. The Morgan fingerprint density at radius 1 is 1.10 bits per heavy atom. The quantitative estimate of drug-likeness (QED) is 0.785. The van der Waals surface area contributed by atoms with Crippen LogP contribution in [0.5, 0.6) is 0 Å². The molecule has 5 rings (SSSR count). The molecule has 1 aromatic heterocycles. The van der Waals surface area contributed by atoms with Crippen molar-refractivity contribution in [2.24, 2.45) is 11.8 Å². The summed E-state index contributed by atoms with van der Waals surface area (Å²) in [5, 5.41) is 11.6. The zero-order valence-electron chi connectivity index (χ0n) is 17.5. The Morgan fingerprint density at radius 3 is 2.70 bits per heavy atom. The average Bonchev–Trinajstić information content (AvgIpc) is 3.53. The number of carbonyl (C=O) groups excluding carboxylic acids is 2. The number of carbonyl (C=O) groups is 2. The first-order chi connectivity index (χ1) is 14.6. The Labute approximate surface area is 176 Å². The molecule has 0 radical (unpaired) electrons. The molecule has 1 spiro atoms. The minimum Gasteiger partial charge on any atom is -0.381 e. The van der Waals surface area contributed by atoms with Gasteiger partial charge in [0.05, 0.1) is 31.9 Å². The van der Waals surface area contributed by atoms with Crippen molar-refractivity contribution in [3.8, 4) is 0 Å². The lowest BCUT2D eigenvalue weighted by atomic mass is 9.99. The predicted octanol–water partition coefficient (Wildman–Crippen LogP) is 1.01. The number of fused-ring (bicyclic) bond motifs is 1. The Hall–Kier alpha value is -2.00. The van der Waals surface area contributed by atoms with Gasteiger partial charge in [0.2, 0.25) is 11.8 Å². The van der Waals surface area contributed by atoms with E-state index < -0.39 is 0 Å². The van der Waals surface area contributed by atoms with Gasteiger partial charge in [-0.25, -0.2) is 4.68 Å². The van der Waals surface area contributed by atoms with Crippen LogP contribution in [-0.4, -0.2) is 63.6 Å². The van der Waals surface area contributed by atoms with Crippen molar-refractivity contribution in [3.05, 3.63) is 11.4 Å². The number of nitrogens with one attached hydrogen (secondary N) is 1. The summed E-state index contributed by atoms with van der Waals surface area (Å²) in [5.74, 6) is 0.585. The second kappa shape index (κ2) is 8.26. The standard InChI is InChI=1S/C21H31N5O4/c27-19(15-5-9-29-10-6-15)22-11-17-18-12-30-21(14-26(18)24-23-17)7-8-25(13-21)20(28)16-3-1-2-4-16/h15-16H,1-14H2,(H,22,27). The fraction of sp³-hybridized carbons (Fsp3) is 0.810. The first-order valence-electron chi connectivity index (χ1n) is 11.3. The minimum atomic E-state index is -0.364. The van der Waals surface area contributed by atoms with Gasteiger partial charge in [-0.05, 0) is 32.1 Å². The first-order valence-corrected chi connectivity index (χ1v) is 11.3. The molecule has 1 N–H and O–H groups in total. The second-order valence-electron chi connectivity index (χ2n) is 9.21. The third-order valence-corrected chi connectivity index (χ3v) is 7.23. The molecule has 1 aliphatic carbocycles. The van der Waals surface area contributed by atoms with Crippen molar-refractivity contribution in [2.45, 2.75) is 70.2 Å². The average molecular weight is 418 g/mol. The zero-order chi connectivity index (χ0) is 20.6. The van der Waals surface area contributed by atoms with Gasteiger partial charge in [0.15, 0.2) is 0 Å². The monoisotopic (exact) mass is 417 g/mol. The number of hydrogen-bond donors (Lipinski definition) is 1. The Balaban J connectivity index is 1.18. The summed E-state index contributed by atoms with van der Waals surface area (Å²) in [7, 11) is 0. The molecule has 4 heterocycles. The summed E-state index contributed by atoms with van der Waals surface area (Å²) in [4.78, 5) is 27.2. The van der Waals surface area contributed by atoms with E-state index in [1.807, 2.05) is 9.58 Å². The van der Waals surface area contributed by atoms with E-state index in [0.29, 0.717) is 45.4 Å². The molecule has 0 bridgehead atoms. The third kappa shape index (κ3) is 3.85. The number of amides is 2. The topological polar surface area (TPSA) is 98.6 Å². The summed E-state index contributed by atoms with van der Waals surface area (Å²) in [6.45, 7) is 4.09. The second-order valence-corrected chi connectivity index (χ2v) is 9.21. The van der Waals surface area contributed by atoms with Crippen LogP contribution in [-0.2, 0) is 38.8 Å². The van der Waals surface area contributed by atoms with Gasteiger partial charge in [-0.15, -0.1) is 5.10 Å². The van der Waals surface area contributed by atoms with Crippen molar-refractivity contribution in [2.75, 3.05) is 26.3 Å². The molecule has 2 saturated heterocycles. The van der Waals surface area contributed by atoms with Gasteiger partial charge in [-0.3, -0.25) is 9.59 Å². The van der Waals surface area contributed by atoms with Crippen LogP contribution in [0.25, 0.3) is 0 Å². The van der Waals surface area contributed by atoms with Crippen LogP contribution in [0, 0.1) is 11.8 Å². The molecule has 4 aliphatic rings. The third-order valence-electron chi connectivity index (χ3n) is 7.23. The zero-order valence-corrected chi connectivity index (χ0v) is 17.5. The van der Waals surface area contributed by atoms with Crippen LogP contribution in [0.1, 0.15) is 56.3 Å². The van der Waals surface area contributed by atoms with Crippen molar-refractivity contribution < 1.29 is 19.1 Å². The molecule has 1 aromatic rings. The van der Waals surface area contributed by atoms with Crippen LogP contribution >= 0.6 is 0 Å². The molecule has 9 nitrogen and oxygen atoms in total. The van der Waals surface area contributed by atoms with Gasteiger partial charge in [0.1, 0.15) is 11.3 Å². The lowest BCUT2D eigenvalue weighted by molar-refractivity contribution is -0.137. The highest BCUT2D eigenvalue weighted by molar-refractivity contribution is 5.79. The van der Waals surface area contributed by atoms with E-state index in [9.17, 15) is 9.59 Å². The molecule has 0 aromatic carbocycles. The fourth-order valence-electron chi connectivity index (χ4n) is 5.32. The minimum absolute atomic E-state index is 0.0200. The Bertz CT molecular complexity index is 799. The summed E-state index contributed by atoms with van der Waals surface area (Å²) in [5.41, 5.74) is 1.33. The van der Waals surface area contributed by atoms with Gasteiger partial charge in [0.25, 0.3) is 0 Å². The normalized spacial score (nSPS) is 27.5. The molecular weight excluding hydrogens is 386 g/mol. The van der Waals surface area contributed by atoms with Crippen molar-refractivity contribution in [3.63, 3.8) is 0 Å². The Morgan fingerprint density at radius 2 is 1.90 bits per heavy atom. The van der Waals surface area contributed by atoms with Gasteiger partial charge >= 0.3 is 0 Å². The maximum absolute atomic E-state index is 12.8. The largest absolute Gasteiger partial charge is 0.381 e. The fourth-order valence-corrected chi connectivity index (χ4v) is 5.32. The molecule has 30 heavy (non-hydrogen) atoms. The van der Waals surface area contributed by atoms with Crippen molar-refractivity contribution in [1.29, 1.82) is 0 Å². The van der Waals surface area contributed by atoms with Crippen LogP contribution in [0.3, 0.4) is 0 Å². The lowest BCUT2D eigenvalue weighted by Crippen LogP contribution is -2.46. The van der Waals surface area contributed by atoms with Gasteiger partial charge in [-0.2, -0.15) is 0 Å². The van der Waals surface area contributed by atoms with E-state index in [0.717, 1.165) is 50.0 Å². The summed E-state index contributed by atoms with van der Waals surface area (Å²) >= 11 is 0. The first kappa shape index (κ1) is 19.9. The molecule has 1 saturated carbocycles. The van der Waals surface area contributed by atoms with Crippen LogP contribution in [0.2, 0.25) is 0 Å². The van der Waals surface area contributed by atoms with Crippen LogP contribution < -0.4 is 5.32 Å². The number of hydrogen-bond acceptors (Lipinski definition) is 6. The van der Waals surface area contributed by atoms with Crippen LogP contribution in [0.15, 0.2) is 0 Å². The number of aromatic nitrogens is 3. The summed E-state index contributed by atoms with van der Waals surface area (Å²) in [6.07, 6.45) is 6.77. The Kier molecular flexibility index (Phi) is 5.49. The smallest absolute Gasteiger partial charge is 0.225 e. The summed E-state index contributed by atoms with van der Waals surface area (Å²) in [6, 6.07) is 0. The molecule has 1 atom stereocenters. The van der Waals surface area contributed by atoms with Crippen molar-refractivity contribution >= 4 is 11.8 Å². The molecule has 164 valence electrons. The summed E-state index contributed by atoms with van der Waals surface area (Å²) < 4.78 is 13.5.